The molecular weight excluding hydrogens is 362 g/mol. The number of carboxylic acids is 1. The van der Waals surface area contributed by atoms with Crippen molar-refractivity contribution in [1.29, 1.82) is 0 Å². The van der Waals surface area contributed by atoms with Crippen LogP contribution in [0, 0.1) is 0 Å². The van der Waals surface area contributed by atoms with E-state index >= 15 is 0 Å². The number of hydrogen-bond acceptors (Lipinski definition) is 4. The van der Waals surface area contributed by atoms with Crippen LogP contribution in [0.25, 0.3) is 0 Å². The van der Waals surface area contributed by atoms with E-state index < -0.39 is 12.0 Å². The highest BCUT2D eigenvalue weighted by Gasteiger charge is 2.17. The number of aliphatic carboxylic acids is 1. The summed E-state index contributed by atoms with van der Waals surface area (Å²) in [5, 5.41) is 8.93. The number of rotatable bonds is 7. The average molecular weight is 380 g/mol. The van der Waals surface area contributed by atoms with Crippen LogP contribution in [0.15, 0.2) is 46.9 Å². The van der Waals surface area contributed by atoms with E-state index in [-0.39, 0.29) is 6.42 Å². The van der Waals surface area contributed by atoms with Gasteiger partial charge >= 0.3 is 5.97 Å². The Labute approximate surface area is 143 Å². The molecule has 122 valence electrons. The summed E-state index contributed by atoms with van der Waals surface area (Å²) >= 11 is 3.43. The fourth-order valence-corrected chi connectivity index (χ4v) is 2.55. The van der Waals surface area contributed by atoms with Gasteiger partial charge in [-0.3, -0.25) is 4.79 Å². The molecule has 0 amide bonds. The molecule has 0 aromatic heterocycles. The molecule has 0 aliphatic carbocycles. The lowest BCUT2D eigenvalue weighted by Crippen LogP contribution is -2.32. The van der Waals surface area contributed by atoms with Gasteiger partial charge in [0.2, 0.25) is 0 Å². The summed E-state index contributed by atoms with van der Waals surface area (Å²) < 4.78 is 11.9. The predicted octanol–water partition coefficient (Wildman–Crippen LogP) is 2.99. The monoisotopic (exact) mass is 379 g/mol. The maximum absolute atomic E-state index is 10.9. The summed E-state index contributed by atoms with van der Waals surface area (Å²) in [7, 11) is 1.54. The van der Waals surface area contributed by atoms with Gasteiger partial charge < -0.3 is 20.3 Å². The second-order valence-electron chi connectivity index (χ2n) is 5.02. The molecule has 0 bridgehead atoms. The minimum Gasteiger partial charge on any atom is -0.493 e. The van der Waals surface area contributed by atoms with Gasteiger partial charge in [-0.2, -0.15) is 0 Å². The van der Waals surface area contributed by atoms with Gasteiger partial charge in [-0.1, -0.05) is 46.3 Å². The molecule has 0 fully saturated rings. The summed E-state index contributed by atoms with van der Waals surface area (Å²) in [4.78, 5) is 10.9. The highest BCUT2D eigenvalue weighted by atomic mass is 79.9. The van der Waals surface area contributed by atoms with E-state index in [0.717, 1.165) is 15.6 Å². The molecule has 2 rings (SSSR count). The van der Waals surface area contributed by atoms with Crippen LogP contribution in [0.4, 0.5) is 0 Å². The quantitative estimate of drug-likeness (QED) is 0.772. The lowest BCUT2D eigenvalue weighted by atomic mass is 10.1. The topological polar surface area (TPSA) is 81.8 Å². The third kappa shape index (κ3) is 4.71. The lowest BCUT2D eigenvalue weighted by molar-refractivity contribution is -0.138. The van der Waals surface area contributed by atoms with E-state index in [4.69, 9.17) is 20.3 Å². The highest BCUT2D eigenvalue weighted by Crippen LogP contribution is 2.34. The van der Waals surface area contributed by atoms with Crippen LogP contribution in [-0.2, 0) is 17.8 Å². The SMILES string of the molecule is COc1cc(CC(N)C(=O)O)c(Br)cc1OCc1ccccc1. The Morgan fingerprint density at radius 2 is 1.96 bits per heavy atom. The average Bonchev–Trinajstić information content (AvgIpc) is 2.55. The summed E-state index contributed by atoms with van der Waals surface area (Å²) in [6.45, 7) is 0.414. The molecule has 0 aliphatic rings. The van der Waals surface area contributed by atoms with Crippen molar-refractivity contribution in [3.05, 3.63) is 58.1 Å². The molecule has 0 radical (unpaired) electrons. The van der Waals surface area contributed by atoms with Crippen LogP contribution < -0.4 is 15.2 Å². The van der Waals surface area contributed by atoms with Gasteiger partial charge in [0.15, 0.2) is 11.5 Å². The van der Waals surface area contributed by atoms with Crippen LogP contribution in [0.3, 0.4) is 0 Å². The first-order chi connectivity index (χ1) is 11.0. The van der Waals surface area contributed by atoms with Crippen LogP contribution in [0.5, 0.6) is 11.5 Å². The molecule has 2 aromatic carbocycles. The molecule has 0 aliphatic heterocycles. The first kappa shape index (κ1) is 17.3. The normalized spacial score (nSPS) is 11.8. The van der Waals surface area contributed by atoms with Gasteiger partial charge in [0.05, 0.1) is 7.11 Å². The first-order valence-electron chi connectivity index (χ1n) is 7.02. The minimum atomic E-state index is -1.04. The number of carbonyl (C=O) groups is 1. The van der Waals surface area contributed by atoms with Crippen molar-refractivity contribution in [2.75, 3.05) is 7.11 Å². The van der Waals surface area contributed by atoms with E-state index in [1.165, 1.54) is 0 Å². The van der Waals surface area contributed by atoms with Crippen molar-refractivity contribution in [3.8, 4) is 11.5 Å². The van der Waals surface area contributed by atoms with Gasteiger partial charge in [0, 0.05) is 4.47 Å². The van der Waals surface area contributed by atoms with Crippen LogP contribution in [-0.4, -0.2) is 24.2 Å². The number of benzene rings is 2. The van der Waals surface area contributed by atoms with Gasteiger partial charge in [-0.05, 0) is 29.7 Å². The van der Waals surface area contributed by atoms with Gasteiger partial charge in [-0.25, -0.2) is 0 Å². The lowest BCUT2D eigenvalue weighted by Gasteiger charge is -2.15. The van der Waals surface area contributed by atoms with E-state index in [2.05, 4.69) is 15.9 Å². The van der Waals surface area contributed by atoms with Gasteiger partial charge in [0.25, 0.3) is 0 Å². The van der Waals surface area contributed by atoms with Crippen LogP contribution in [0.2, 0.25) is 0 Å². The zero-order chi connectivity index (χ0) is 16.8. The van der Waals surface area contributed by atoms with Crippen molar-refractivity contribution in [2.24, 2.45) is 5.73 Å². The zero-order valence-corrected chi connectivity index (χ0v) is 14.2. The predicted molar refractivity (Wildman–Crippen MR) is 90.8 cm³/mol. The fraction of sp³-hybridized carbons (Fsp3) is 0.235. The molecule has 23 heavy (non-hydrogen) atoms. The van der Waals surface area contributed by atoms with E-state index in [0.29, 0.717) is 18.1 Å². The molecule has 0 saturated carbocycles. The standard InChI is InChI=1S/C17H18BrNO4/c1-22-15-8-12(7-14(19)17(20)21)13(18)9-16(15)23-10-11-5-3-2-4-6-11/h2-6,8-9,14H,7,10,19H2,1H3,(H,20,21). The number of hydrogen-bond donors (Lipinski definition) is 2. The van der Waals surface area contributed by atoms with E-state index in [9.17, 15) is 4.79 Å². The van der Waals surface area contributed by atoms with Gasteiger partial charge in [0.1, 0.15) is 12.6 Å². The van der Waals surface area contributed by atoms with Crippen molar-refractivity contribution in [3.63, 3.8) is 0 Å². The van der Waals surface area contributed by atoms with E-state index in [1.54, 1.807) is 19.2 Å². The smallest absolute Gasteiger partial charge is 0.320 e. The Morgan fingerprint density at radius 1 is 1.26 bits per heavy atom. The Kier molecular flexibility index (Phi) is 6.01. The second-order valence-corrected chi connectivity index (χ2v) is 5.87. The van der Waals surface area contributed by atoms with Crippen molar-refractivity contribution < 1.29 is 19.4 Å². The van der Waals surface area contributed by atoms with Crippen molar-refractivity contribution in [1.82, 2.24) is 0 Å². The molecule has 6 heteroatoms. The third-order valence-electron chi connectivity index (χ3n) is 3.33. The second kappa shape index (κ2) is 7.99. The number of halogens is 1. The zero-order valence-electron chi connectivity index (χ0n) is 12.7. The largest absolute Gasteiger partial charge is 0.493 e. The van der Waals surface area contributed by atoms with Crippen LogP contribution >= 0.6 is 15.9 Å². The molecule has 0 heterocycles. The van der Waals surface area contributed by atoms with Crippen molar-refractivity contribution >= 4 is 21.9 Å². The highest BCUT2D eigenvalue weighted by molar-refractivity contribution is 9.10. The summed E-state index contributed by atoms with van der Waals surface area (Å²) in [6.07, 6.45) is 0.200. The number of carboxylic acid groups (broad SMARTS) is 1. The summed E-state index contributed by atoms with van der Waals surface area (Å²) in [5.74, 6) is 0.0767. The molecule has 1 unspecified atom stereocenters. The van der Waals surface area contributed by atoms with Gasteiger partial charge in [-0.15, -0.1) is 0 Å². The third-order valence-corrected chi connectivity index (χ3v) is 4.07. The number of ether oxygens (including phenoxy) is 2. The maximum atomic E-state index is 10.9. The summed E-state index contributed by atoms with van der Waals surface area (Å²) in [5.41, 5.74) is 7.39. The first-order valence-corrected chi connectivity index (χ1v) is 7.82. The summed E-state index contributed by atoms with van der Waals surface area (Å²) in [6, 6.07) is 12.3. The Balaban J connectivity index is 2.17. The Morgan fingerprint density at radius 3 is 2.57 bits per heavy atom. The Hall–Kier alpha value is -2.05. The maximum Gasteiger partial charge on any atom is 0.320 e. The fourth-order valence-electron chi connectivity index (χ4n) is 2.07. The Bertz CT molecular complexity index is 676. The van der Waals surface area contributed by atoms with Crippen molar-refractivity contribution in [2.45, 2.75) is 19.1 Å². The molecule has 1 atom stereocenters. The number of methoxy groups -OCH3 is 1. The molecular formula is C17H18BrNO4. The molecule has 3 N–H and O–H groups in total. The van der Waals surface area contributed by atoms with Crippen LogP contribution in [0.1, 0.15) is 11.1 Å². The minimum absolute atomic E-state index is 0.200. The number of nitrogens with two attached hydrogens (primary N) is 1. The molecule has 5 nitrogen and oxygen atoms in total. The molecule has 0 spiro atoms. The molecule has 0 saturated heterocycles. The molecule has 2 aromatic rings. The van der Waals surface area contributed by atoms with E-state index in [1.807, 2.05) is 30.3 Å².